The lowest BCUT2D eigenvalue weighted by Crippen LogP contribution is -2.50. The van der Waals surface area contributed by atoms with Gasteiger partial charge in [0, 0.05) is 37.8 Å². The van der Waals surface area contributed by atoms with E-state index in [9.17, 15) is 22.8 Å². The molecule has 2 saturated heterocycles. The minimum absolute atomic E-state index is 0. The van der Waals surface area contributed by atoms with Gasteiger partial charge in [0.15, 0.2) is 0 Å². The van der Waals surface area contributed by atoms with E-state index in [1.54, 1.807) is 0 Å². The Morgan fingerprint density at radius 2 is 1.74 bits per heavy atom. The molecule has 11 heteroatoms. The van der Waals surface area contributed by atoms with Crippen LogP contribution in [0.1, 0.15) is 36.8 Å². The number of thioether (sulfide) groups is 1. The van der Waals surface area contributed by atoms with Crippen molar-refractivity contribution in [3.05, 3.63) is 33.2 Å². The maximum atomic E-state index is 13.4. The highest BCUT2D eigenvalue weighted by molar-refractivity contribution is 8.18. The van der Waals surface area contributed by atoms with Crippen molar-refractivity contribution in [1.82, 2.24) is 10.2 Å². The lowest BCUT2D eigenvalue weighted by atomic mass is 10.0. The second kappa shape index (κ2) is 9.60. The number of nitrogens with one attached hydrogen (secondary N) is 1. The Kier molecular flexibility index (Phi) is 7.50. The zero-order valence-electron chi connectivity index (χ0n) is 16.5. The molecule has 0 radical (unpaired) electrons. The molecule has 3 fully saturated rings. The third-order valence-corrected chi connectivity index (χ3v) is 6.92. The molecular formula is C20H22Cl2F3N3O2S. The number of benzene rings is 1. The van der Waals surface area contributed by atoms with Gasteiger partial charge in [0.2, 0.25) is 0 Å². The summed E-state index contributed by atoms with van der Waals surface area (Å²) < 4.78 is 40.1. The first-order valence-electron chi connectivity index (χ1n) is 9.87. The Morgan fingerprint density at radius 1 is 1.10 bits per heavy atom. The standard InChI is InChI=1S/C20H21ClF3N3O2S.ClH/c21-15-11-13(20(22,23)24)9-12(10-16-18(28)25-19(29)30-16)17(15)27-7-5-26(6-8-27)14-3-1-2-4-14;/h9-11,14H,1-8H2,(H,25,28,29);1H/b16-10-;. The highest BCUT2D eigenvalue weighted by atomic mass is 35.5. The van der Waals surface area contributed by atoms with Crippen LogP contribution in [0.15, 0.2) is 17.0 Å². The van der Waals surface area contributed by atoms with Crippen LogP contribution >= 0.6 is 35.8 Å². The van der Waals surface area contributed by atoms with Gasteiger partial charge in [-0.05, 0) is 42.8 Å². The summed E-state index contributed by atoms with van der Waals surface area (Å²) in [6.07, 6.45) is 1.62. The van der Waals surface area contributed by atoms with Crippen molar-refractivity contribution in [2.24, 2.45) is 0 Å². The highest BCUT2D eigenvalue weighted by Crippen LogP contribution is 2.40. The van der Waals surface area contributed by atoms with Crippen molar-refractivity contribution in [3.8, 4) is 0 Å². The van der Waals surface area contributed by atoms with Crippen LogP contribution in [0.4, 0.5) is 23.7 Å². The zero-order valence-corrected chi connectivity index (χ0v) is 18.9. The average Bonchev–Trinajstić information content (AvgIpc) is 3.31. The summed E-state index contributed by atoms with van der Waals surface area (Å²) in [5.41, 5.74) is -0.227. The molecule has 3 aliphatic rings. The van der Waals surface area contributed by atoms with E-state index in [-0.39, 0.29) is 27.9 Å². The summed E-state index contributed by atoms with van der Waals surface area (Å²) in [5, 5.41) is 1.57. The van der Waals surface area contributed by atoms with Crippen LogP contribution in [0.5, 0.6) is 0 Å². The first-order chi connectivity index (χ1) is 14.2. The number of imide groups is 1. The van der Waals surface area contributed by atoms with E-state index in [1.807, 2.05) is 4.90 Å². The minimum Gasteiger partial charge on any atom is -0.367 e. The van der Waals surface area contributed by atoms with E-state index >= 15 is 0 Å². The lowest BCUT2D eigenvalue weighted by Gasteiger charge is -2.40. The highest BCUT2D eigenvalue weighted by Gasteiger charge is 2.34. The van der Waals surface area contributed by atoms with Crippen LogP contribution in [0, 0.1) is 0 Å². The van der Waals surface area contributed by atoms with Crippen LogP contribution in [-0.4, -0.2) is 48.3 Å². The molecule has 0 aromatic heterocycles. The molecule has 0 bridgehead atoms. The molecule has 1 aromatic rings. The number of hydrogen-bond acceptors (Lipinski definition) is 5. The molecule has 0 atom stereocenters. The fraction of sp³-hybridized carbons (Fsp3) is 0.500. The number of hydrogen-bond donors (Lipinski definition) is 1. The fourth-order valence-corrected chi connectivity index (χ4v) is 5.39. The summed E-state index contributed by atoms with van der Waals surface area (Å²) in [7, 11) is 0. The van der Waals surface area contributed by atoms with E-state index in [0.717, 1.165) is 25.2 Å². The molecule has 4 rings (SSSR count). The zero-order chi connectivity index (χ0) is 21.5. The number of carbonyl (C=O) groups excluding carboxylic acids is 2. The number of piperazine rings is 1. The molecule has 170 valence electrons. The summed E-state index contributed by atoms with van der Waals surface area (Å²) in [6, 6.07) is 2.50. The Bertz CT molecular complexity index is 896. The van der Waals surface area contributed by atoms with Gasteiger partial charge in [-0.15, -0.1) is 12.4 Å². The summed E-state index contributed by atoms with van der Waals surface area (Å²) >= 11 is 7.00. The molecule has 1 N–H and O–H groups in total. The van der Waals surface area contributed by atoms with Gasteiger partial charge in [0.05, 0.1) is 21.2 Å². The number of anilines is 1. The van der Waals surface area contributed by atoms with Crippen molar-refractivity contribution in [3.63, 3.8) is 0 Å². The molecule has 2 aliphatic heterocycles. The Balaban J connectivity index is 0.00000272. The molecule has 1 saturated carbocycles. The first kappa shape index (κ1) is 24.2. The van der Waals surface area contributed by atoms with Gasteiger partial charge in [-0.3, -0.25) is 19.8 Å². The summed E-state index contributed by atoms with van der Waals surface area (Å²) in [5.74, 6) is -0.615. The molecule has 0 unspecified atom stereocenters. The SMILES string of the molecule is Cl.O=C1NC(=O)/C(=C/c2cc(C(F)(F)F)cc(Cl)c2N2CCN(C3CCCC3)CC2)S1. The van der Waals surface area contributed by atoms with Crippen molar-refractivity contribution < 1.29 is 22.8 Å². The molecule has 2 heterocycles. The molecule has 5 nitrogen and oxygen atoms in total. The lowest BCUT2D eigenvalue weighted by molar-refractivity contribution is -0.137. The molecule has 0 spiro atoms. The molecular weight excluding hydrogens is 474 g/mol. The van der Waals surface area contributed by atoms with Crippen LogP contribution in [0.2, 0.25) is 5.02 Å². The Labute approximate surface area is 193 Å². The van der Waals surface area contributed by atoms with Crippen LogP contribution in [0.3, 0.4) is 0 Å². The quantitative estimate of drug-likeness (QED) is 0.586. The first-order valence-corrected chi connectivity index (χ1v) is 11.1. The number of halogens is 5. The second-order valence-corrected chi connectivity index (χ2v) is 9.13. The minimum atomic E-state index is -4.57. The van der Waals surface area contributed by atoms with E-state index < -0.39 is 22.9 Å². The van der Waals surface area contributed by atoms with E-state index in [1.165, 1.54) is 31.8 Å². The van der Waals surface area contributed by atoms with E-state index in [4.69, 9.17) is 11.6 Å². The van der Waals surface area contributed by atoms with Crippen molar-refractivity contribution >= 4 is 58.7 Å². The number of carbonyl (C=O) groups is 2. The van der Waals surface area contributed by atoms with Gasteiger partial charge in [0.1, 0.15) is 0 Å². The third-order valence-electron chi connectivity index (χ3n) is 5.82. The second-order valence-electron chi connectivity index (χ2n) is 7.71. The maximum Gasteiger partial charge on any atom is 0.416 e. The maximum absolute atomic E-state index is 13.4. The third kappa shape index (κ3) is 5.32. The molecule has 2 amide bonds. The predicted molar refractivity (Wildman–Crippen MR) is 119 cm³/mol. The monoisotopic (exact) mass is 495 g/mol. The normalized spacial score (nSPS) is 22.2. The van der Waals surface area contributed by atoms with E-state index in [0.29, 0.717) is 36.6 Å². The van der Waals surface area contributed by atoms with Gasteiger partial charge in [-0.25, -0.2) is 0 Å². The summed E-state index contributed by atoms with van der Waals surface area (Å²) in [4.78, 5) is 27.9. The number of nitrogens with zero attached hydrogens (tertiary/aromatic N) is 2. The van der Waals surface area contributed by atoms with Crippen molar-refractivity contribution in [1.29, 1.82) is 0 Å². The predicted octanol–water partition coefficient (Wildman–Crippen LogP) is 5.17. The van der Waals surface area contributed by atoms with Gasteiger partial charge >= 0.3 is 6.18 Å². The summed E-state index contributed by atoms with van der Waals surface area (Å²) in [6.45, 7) is 2.89. The van der Waals surface area contributed by atoms with Gasteiger partial charge in [0.25, 0.3) is 11.1 Å². The molecule has 1 aliphatic carbocycles. The Morgan fingerprint density at radius 3 is 2.29 bits per heavy atom. The van der Waals surface area contributed by atoms with Gasteiger partial charge in [-0.2, -0.15) is 13.2 Å². The van der Waals surface area contributed by atoms with Crippen molar-refractivity contribution in [2.75, 3.05) is 31.1 Å². The number of rotatable bonds is 3. The number of alkyl halides is 3. The average molecular weight is 496 g/mol. The van der Waals surface area contributed by atoms with Crippen LogP contribution < -0.4 is 10.2 Å². The topological polar surface area (TPSA) is 52.7 Å². The van der Waals surface area contributed by atoms with Crippen LogP contribution in [-0.2, 0) is 11.0 Å². The molecule has 31 heavy (non-hydrogen) atoms. The largest absolute Gasteiger partial charge is 0.416 e. The van der Waals surface area contributed by atoms with Crippen LogP contribution in [0.25, 0.3) is 6.08 Å². The smallest absolute Gasteiger partial charge is 0.367 e. The Hall–Kier alpha value is -1.42. The fourth-order valence-electron chi connectivity index (χ4n) is 4.37. The van der Waals surface area contributed by atoms with Gasteiger partial charge < -0.3 is 4.90 Å². The molecule has 1 aromatic carbocycles. The van der Waals surface area contributed by atoms with Gasteiger partial charge in [-0.1, -0.05) is 24.4 Å². The number of amides is 2. The van der Waals surface area contributed by atoms with Crippen molar-refractivity contribution in [2.45, 2.75) is 37.9 Å². The van der Waals surface area contributed by atoms with E-state index in [2.05, 4.69) is 10.2 Å².